The van der Waals surface area contributed by atoms with Crippen molar-refractivity contribution in [1.29, 1.82) is 0 Å². The normalized spacial score (nSPS) is 12.6. The van der Waals surface area contributed by atoms with Crippen molar-refractivity contribution in [2.75, 3.05) is 27.2 Å². The summed E-state index contributed by atoms with van der Waals surface area (Å²) in [6, 6.07) is 5.77. The summed E-state index contributed by atoms with van der Waals surface area (Å²) < 4.78 is 0. The number of aliphatic hydroxyl groups excluding tert-OH is 1. The molecule has 0 spiro atoms. The summed E-state index contributed by atoms with van der Waals surface area (Å²) in [6.07, 6.45) is -0.547. The number of nitrogens with zero attached hydrogens (tertiary/aromatic N) is 1. The van der Waals surface area contributed by atoms with Gasteiger partial charge in [0.15, 0.2) is 0 Å². The van der Waals surface area contributed by atoms with Gasteiger partial charge >= 0.3 is 0 Å². The van der Waals surface area contributed by atoms with Crippen LogP contribution in [0.2, 0.25) is 0 Å². The third kappa shape index (κ3) is 4.47. The molecule has 0 saturated carbocycles. The Labute approximate surface area is 109 Å². The molecule has 0 aliphatic carbocycles. The molecule has 18 heavy (non-hydrogen) atoms. The quantitative estimate of drug-likeness (QED) is 0.818. The van der Waals surface area contributed by atoms with Crippen LogP contribution in [0.25, 0.3) is 0 Å². The van der Waals surface area contributed by atoms with Crippen molar-refractivity contribution < 1.29 is 9.90 Å². The number of rotatable bonds is 5. The van der Waals surface area contributed by atoms with Gasteiger partial charge < -0.3 is 15.3 Å². The van der Waals surface area contributed by atoms with Gasteiger partial charge in [0.2, 0.25) is 0 Å². The third-order valence-electron chi connectivity index (χ3n) is 2.71. The molecule has 1 aromatic rings. The summed E-state index contributed by atoms with van der Waals surface area (Å²) in [5.41, 5.74) is 2.67. The Kier molecular flexibility index (Phi) is 5.31. The van der Waals surface area contributed by atoms with E-state index in [9.17, 15) is 9.90 Å². The minimum Gasteiger partial charge on any atom is -0.390 e. The summed E-state index contributed by atoms with van der Waals surface area (Å²) in [7, 11) is 3.77. The van der Waals surface area contributed by atoms with Gasteiger partial charge in [-0.2, -0.15) is 0 Å². The lowest BCUT2D eigenvalue weighted by Gasteiger charge is -2.16. The molecule has 4 heteroatoms. The van der Waals surface area contributed by atoms with Gasteiger partial charge in [-0.25, -0.2) is 0 Å². The smallest absolute Gasteiger partial charge is 0.251 e. The first-order valence-corrected chi connectivity index (χ1v) is 6.08. The van der Waals surface area contributed by atoms with E-state index in [2.05, 4.69) is 5.32 Å². The van der Waals surface area contributed by atoms with Gasteiger partial charge in [-0.3, -0.25) is 4.79 Å². The second kappa shape index (κ2) is 6.52. The molecule has 0 bridgehead atoms. The molecule has 0 aromatic heterocycles. The van der Waals surface area contributed by atoms with Gasteiger partial charge in [0, 0.05) is 18.7 Å². The van der Waals surface area contributed by atoms with Crippen LogP contribution in [0, 0.1) is 13.8 Å². The molecule has 1 unspecified atom stereocenters. The average molecular weight is 250 g/mol. The van der Waals surface area contributed by atoms with Crippen LogP contribution in [0.3, 0.4) is 0 Å². The van der Waals surface area contributed by atoms with E-state index in [1.807, 2.05) is 51.0 Å². The largest absolute Gasteiger partial charge is 0.390 e. The highest BCUT2D eigenvalue weighted by molar-refractivity contribution is 5.95. The summed E-state index contributed by atoms with van der Waals surface area (Å²) in [5, 5.41) is 12.4. The van der Waals surface area contributed by atoms with Gasteiger partial charge in [-0.15, -0.1) is 0 Å². The van der Waals surface area contributed by atoms with E-state index in [1.54, 1.807) is 0 Å². The minimum absolute atomic E-state index is 0.131. The van der Waals surface area contributed by atoms with Crippen LogP contribution in [0.4, 0.5) is 0 Å². The molecule has 0 fully saturated rings. The van der Waals surface area contributed by atoms with Crippen LogP contribution in [-0.4, -0.2) is 49.2 Å². The SMILES string of the molecule is Cc1ccc(C)c(C(=O)NCC(O)CN(C)C)c1. The fourth-order valence-corrected chi connectivity index (χ4v) is 1.77. The highest BCUT2D eigenvalue weighted by atomic mass is 16.3. The maximum Gasteiger partial charge on any atom is 0.251 e. The van der Waals surface area contributed by atoms with E-state index in [0.29, 0.717) is 12.1 Å². The van der Waals surface area contributed by atoms with Crippen molar-refractivity contribution in [2.45, 2.75) is 20.0 Å². The Hall–Kier alpha value is -1.39. The number of carbonyl (C=O) groups excluding carboxylic acids is 1. The Balaban J connectivity index is 2.58. The molecule has 1 rings (SSSR count). The summed E-state index contributed by atoms with van der Waals surface area (Å²) in [4.78, 5) is 13.9. The van der Waals surface area contributed by atoms with Crippen LogP contribution in [0.15, 0.2) is 18.2 Å². The first-order valence-electron chi connectivity index (χ1n) is 6.08. The number of likely N-dealkylation sites (N-methyl/N-ethyl adjacent to an activating group) is 1. The second-order valence-electron chi connectivity index (χ2n) is 4.94. The molecule has 1 amide bonds. The molecular weight excluding hydrogens is 228 g/mol. The lowest BCUT2D eigenvalue weighted by atomic mass is 10.1. The Morgan fingerprint density at radius 1 is 1.39 bits per heavy atom. The number of carbonyl (C=O) groups is 1. The predicted octanol–water partition coefficient (Wildman–Crippen LogP) is 0.956. The van der Waals surface area contributed by atoms with E-state index >= 15 is 0 Å². The van der Waals surface area contributed by atoms with Crippen LogP contribution in [0.5, 0.6) is 0 Å². The lowest BCUT2D eigenvalue weighted by Crippen LogP contribution is -2.37. The van der Waals surface area contributed by atoms with E-state index < -0.39 is 6.10 Å². The molecule has 0 aliphatic heterocycles. The molecule has 2 N–H and O–H groups in total. The molecule has 4 nitrogen and oxygen atoms in total. The molecule has 0 saturated heterocycles. The molecule has 0 aliphatic rings. The number of nitrogens with one attached hydrogen (secondary N) is 1. The number of benzene rings is 1. The summed E-state index contributed by atoms with van der Waals surface area (Å²) >= 11 is 0. The van der Waals surface area contributed by atoms with E-state index in [-0.39, 0.29) is 12.5 Å². The van der Waals surface area contributed by atoms with Gasteiger partial charge in [0.25, 0.3) is 5.91 Å². The predicted molar refractivity (Wildman–Crippen MR) is 72.8 cm³/mol. The van der Waals surface area contributed by atoms with E-state index in [4.69, 9.17) is 0 Å². The monoisotopic (exact) mass is 250 g/mol. The molecule has 1 atom stereocenters. The molecule has 0 heterocycles. The molecule has 1 aromatic carbocycles. The van der Waals surface area contributed by atoms with E-state index in [1.165, 1.54) is 0 Å². The van der Waals surface area contributed by atoms with Crippen molar-refractivity contribution >= 4 is 5.91 Å². The lowest BCUT2D eigenvalue weighted by molar-refractivity contribution is 0.0891. The fourth-order valence-electron chi connectivity index (χ4n) is 1.77. The molecule has 0 radical (unpaired) electrons. The fraction of sp³-hybridized carbons (Fsp3) is 0.500. The van der Waals surface area contributed by atoms with Gasteiger partial charge in [0.1, 0.15) is 0 Å². The first-order chi connectivity index (χ1) is 8.40. The topological polar surface area (TPSA) is 52.6 Å². The Morgan fingerprint density at radius 2 is 2.06 bits per heavy atom. The van der Waals surface area contributed by atoms with Gasteiger partial charge in [-0.1, -0.05) is 17.7 Å². The zero-order valence-corrected chi connectivity index (χ0v) is 11.5. The van der Waals surface area contributed by atoms with Crippen LogP contribution in [-0.2, 0) is 0 Å². The second-order valence-corrected chi connectivity index (χ2v) is 4.94. The van der Waals surface area contributed by atoms with Crippen molar-refractivity contribution in [2.24, 2.45) is 0 Å². The van der Waals surface area contributed by atoms with Gasteiger partial charge in [-0.05, 0) is 39.6 Å². The number of aryl methyl sites for hydroxylation is 2. The van der Waals surface area contributed by atoms with Crippen molar-refractivity contribution in [1.82, 2.24) is 10.2 Å². The first kappa shape index (κ1) is 14.7. The summed E-state index contributed by atoms with van der Waals surface area (Å²) in [5.74, 6) is -0.131. The number of hydrogen-bond acceptors (Lipinski definition) is 3. The van der Waals surface area contributed by atoms with Crippen molar-refractivity contribution in [3.63, 3.8) is 0 Å². The third-order valence-corrected chi connectivity index (χ3v) is 2.71. The highest BCUT2D eigenvalue weighted by Gasteiger charge is 2.11. The standard InChI is InChI=1S/C14H22N2O2/c1-10-5-6-11(2)13(7-10)14(18)15-8-12(17)9-16(3)4/h5-7,12,17H,8-9H2,1-4H3,(H,15,18). The van der Waals surface area contributed by atoms with Crippen LogP contribution in [0.1, 0.15) is 21.5 Å². The summed E-state index contributed by atoms with van der Waals surface area (Å²) in [6.45, 7) is 4.67. The number of amides is 1. The van der Waals surface area contributed by atoms with Crippen LogP contribution < -0.4 is 5.32 Å². The average Bonchev–Trinajstić information content (AvgIpc) is 2.28. The number of aliphatic hydroxyl groups is 1. The minimum atomic E-state index is -0.547. The van der Waals surface area contributed by atoms with E-state index in [0.717, 1.165) is 11.1 Å². The Bertz CT molecular complexity index is 416. The van der Waals surface area contributed by atoms with Crippen LogP contribution >= 0.6 is 0 Å². The number of hydrogen-bond donors (Lipinski definition) is 2. The van der Waals surface area contributed by atoms with Crippen molar-refractivity contribution in [3.05, 3.63) is 34.9 Å². The zero-order chi connectivity index (χ0) is 13.7. The molecular formula is C14H22N2O2. The Morgan fingerprint density at radius 3 is 2.67 bits per heavy atom. The maximum atomic E-state index is 12.0. The van der Waals surface area contributed by atoms with Gasteiger partial charge in [0.05, 0.1) is 6.10 Å². The van der Waals surface area contributed by atoms with Crippen molar-refractivity contribution in [3.8, 4) is 0 Å². The highest BCUT2D eigenvalue weighted by Crippen LogP contribution is 2.10. The maximum absolute atomic E-state index is 12.0. The zero-order valence-electron chi connectivity index (χ0n) is 11.5. The molecule has 100 valence electrons.